The van der Waals surface area contributed by atoms with E-state index in [1.165, 1.54) is 17.7 Å². The molecule has 0 aliphatic rings. The van der Waals surface area contributed by atoms with Gasteiger partial charge in [-0.15, -0.1) is 11.3 Å². The Labute approximate surface area is 121 Å². The lowest BCUT2D eigenvalue weighted by Gasteiger charge is -2.04. The van der Waals surface area contributed by atoms with E-state index < -0.39 is 6.09 Å². The molecule has 0 aliphatic carbocycles. The zero-order valence-corrected chi connectivity index (χ0v) is 11.3. The Morgan fingerprint density at radius 3 is 3.19 bits per heavy atom. The number of H-pyrrole nitrogens is 1. The molecule has 3 rings (SSSR count). The molecule has 3 heterocycles. The van der Waals surface area contributed by atoms with Crippen LogP contribution in [0.1, 0.15) is 4.88 Å². The monoisotopic (exact) mass is 306 g/mol. The SMILES string of the molecule is Nc1nc(OCc2cc(NC(=O)O)cs2)c2nc[nH]c2n1. The predicted molar refractivity (Wildman–Crippen MR) is 76.4 cm³/mol. The van der Waals surface area contributed by atoms with Gasteiger partial charge >= 0.3 is 6.09 Å². The third-order valence-corrected chi connectivity index (χ3v) is 3.43. The number of hydrogen-bond donors (Lipinski definition) is 4. The number of fused-ring (bicyclic) bond motifs is 1. The second-order valence-corrected chi connectivity index (χ2v) is 5.00. The zero-order valence-electron chi connectivity index (χ0n) is 10.5. The van der Waals surface area contributed by atoms with Crippen LogP contribution in [0.15, 0.2) is 17.8 Å². The van der Waals surface area contributed by atoms with Crippen molar-refractivity contribution in [2.75, 3.05) is 11.1 Å². The molecule has 3 aromatic rings. The largest absolute Gasteiger partial charge is 0.470 e. The summed E-state index contributed by atoms with van der Waals surface area (Å²) in [6, 6.07) is 1.69. The molecule has 0 saturated heterocycles. The van der Waals surface area contributed by atoms with Crippen molar-refractivity contribution < 1.29 is 14.6 Å². The number of ether oxygens (including phenoxy) is 1. The Hall–Kier alpha value is -2.88. The van der Waals surface area contributed by atoms with Crippen LogP contribution in [0.2, 0.25) is 0 Å². The molecule has 0 aliphatic heterocycles. The fourth-order valence-electron chi connectivity index (χ4n) is 1.71. The standard InChI is InChI=1S/C11H10N6O3S/c12-10-16-8-7(13-4-14-8)9(17-10)20-2-6-1-5(3-21-6)15-11(18)19/h1,3-4,15H,2H2,(H,18,19)(H3,12,13,14,16,17). The number of aromatic amines is 1. The second kappa shape index (κ2) is 5.25. The maximum absolute atomic E-state index is 10.5. The molecule has 10 heteroatoms. The molecule has 0 bridgehead atoms. The normalized spacial score (nSPS) is 10.7. The summed E-state index contributed by atoms with van der Waals surface area (Å²) >= 11 is 1.37. The van der Waals surface area contributed by atoms with E-state index in [1.54, 1.807) is 11.4 Å². The second-order valence-electron chi connectivity index (χ2n) is 4.01. The quantitative estimate of drug-likeness (QED) is 0.574. The van der Waals surface area contributed by atoms with Crippen LogP contribution in [0, 0.1) is 0 Å². The van der Waals surface area contributed by atoms with Gasteiger partial charge in [0.05, 0.1) is 12.0 Å². The van der Waals surface area contributed by atoms with Gasteiger partial charge in [-0.25, -0.2) is 9.78 Å². The van der Waals surface area contributed by atoms with Crippen LogP contribution < -0.4 is 15.8 Å². The Bertz CT molecular complexity index is 798. The number of nitrogens with two attached hydrogens (primary N) is 1. The average molecular weight is 306 g/mol. The third kappa shape index (κ3) is 2.84. The zero-order chi connectivity index (χ0) is 14.8. The maximum atomic E-state index is 10.5. The molecule has 108 valence electrons. The first-order valence-electron chi connectivity index (χ1n) is 5.78. The molecule has 3 aromatic heterocycles. The van der Waals surface area contributed by atoms with Crippen molar-refractivity contribution in [1.82, 2.24) is 19.9 Å². The number of rotatable bonds is 4. The minimum Gasteiger partial charge on any atom is -0.470 e. The third-order valence-electron chi connectivity index (χ3n) is 2.52. The summed E-state index contributed by atoms with van der Waals surface area (Å²) in [4.78, 5) is 26.2. The van der Waals surface area contributed by atoms with E-state index in [-0.39, 0.29) is 18.4 Å². The van der Waals surface area contributed by atoms with E-state index in [1.807, 2.05) is 0 Å². The van der Waals surface area contributed by atoms with Gasteiger partial charge in [0.15, 0.2) is 11.2 Å². The first-order chi connectivity index (χ1) is 10.1. The topological polar surface area (TPSA) is 139 Å². The molecular weight excluding hydrogens is 296 g/mol. The summed E-state index contributed by atoms with van der Waals surface area (Å²) < 4.78 is 5.58. The number of nitrogens with one attached hydrogen (secondary N) is 2. The lowest BCUT2D eigenvalue weighted by Crippen LogP contribution is -2.06. The smallest absolute Gasteiger partial charge is 0.409 e. The van der Waals surface area contributed by atoms with Gasteiger partial charge in [0.25, 0.3) is 0 Å². The number of nitrogens with zero attached hydrogens (tertiary/aromatic N) is 3. The Balaban J connectivity index is 1.75. The highest BCUT2D eigenvalue weighted by molar-refractivity contribution is 7.10. The van der Waals surface area contributed by atoms with Crippen molar-refractivity contribution in [1.29, 1.82) is 0 Å². The van der Waals surface area contributed by atoms with Crippen molar-refractivity contribution in [3.63, 3.8) is 0 Å². The lowest BCUT2D eigenvalue weighted by atomic mass is 10.4. The number of thiophene rings is 1. The summed E-state index contributed by atoms with van der Waals surface area (Å²) in [5.41, 5.74) is 7.08. The van der Waals surface area contributed by atoms with Crippen LogP contribution >= 0.6 is 11.3 Å². The van der Waals surface area contributed by atoms with Crippen LogP contribution in [0.4, 0.5) is 16.4 Å². The number of carboxylic acid groups (broad SMARTS) is 1. The van der Waals surface area contributed by atoms with Crippen molar-refractivity contribution in [3.05, 3.63) is 22.7 Å². The number of carbonyl (C=O) groups is 1. The molecule has 0 atom stereocenters. The molecule has 0 saturated carbocycles. The van der Waals surface area contributed by atoms with E-state index >= 15 is 0 Å². The van der Waals surface area contributed by atoms with Crippen LogP contribution in [0.25, 0.3) is 11.2 Å². The molecule has 0 aromatic carbocycles. The molecule has 0 fully saturated rings. The molecule has 0 unspecified atom stereocenters. The average Bonchev–Trinajstić information content (AvgIpc) is 3.04. The number of imidazole rings is 1. The van der Waals surface area contributed by atoms with Gasteiger partial charge in [-0.05, 0) is 6.07 Å². The summed E-state index contributed by atoms with van der Waals surface area (Å²) in [6.07, 6.45) is 0.369. The van der Waals surface area contributed by atoms with E-state index in [0.717, 1.165) is 4.88 Å². The maximum Gasteiger partial charge on any atom is 0.409 e. The van der Waals surface area contributed by atoms with E-state index in [2.05, 4.69) is 25.3 Å². The van der Waals surface area contributed by atoms with E-state index in [0.29, 0.717) is 16.9 Å². The predicted octanol–water partition coefficient (Wildman–Crippen LogP) is 1.67. The van der Waals surface area contributed by atoms with Crippen molar-refractivity contribution in [3.8, 4) is 5.88 Å². The van der Waals surface area contributed by atoms with Crippen LogP contribution in [0.5, 0.6) is 5.88 Å². The van der Waals surface area contributed by atoms with Crippen molar-refractivity contribution in [2.24, 2.45) is 0 Å². The lowest BCUT2D eigenvalue weighted by molar-refractivity contribution is 0.210. The van der Waals surface area contributed by atoms with Gasteiger partial charge in [0.1, 0.15) is 6.61 Å². The molecule has 0 spiro atoms. The van der Waals surface area contributed by atoms with Gasteiger partial charge in [0, 0.05) is 10.3 Å². The van der Waals surface area contributed by atoms with Gasteiger partial charge < -0.3 is 20.6 Å². The van der Waals surface area contributed by atoms with E-state index in [9.17, 15) is 4.79 Å². The number of hydrogen-bond acceptors (Lipinski definition) is 7. The van der Waals surface area contributed by atoms with Crippen LogP contribution in [0.3, 0.4) is 0 Å². The first-order valence-corrected chi connectivity index (χ1v) is 6.66. The molecule has 9 nitrogen and oxygen atoms in total. The van der Waals surface area contributed by atoms with Crippen LogP contribution in [-0.4, -0.2) is 31.1 Å². The molecule has 21 heavy (non-hydrogen) atoms. The minimum atomic E-state index is -1.11. The summed E-state index contributed by atoms with van der Waals surface area (Å²) in [7, 11) is 0. The number of anilines is 2. The molecule has 0 radical (unpaired) electrons. The number of amides is 1. The fraction of sp³-hybridized carbons (Fsp3) is 0.0909. The highest BCUT2D eigenvalue weighted by atomic mass is 32.1. The van der Waals surface area contributed by atoms with Gasteiger partial charge in [-0.2, -0.15) is 9.97 Å². The summed E-state index contributed by atoms with van der Waals surface area (Å²) in [5, 5.41) is 12.6. The highest BCUT2D eigenvalue weighted by Gasteiger charge is 2.11. The van der Waals surface area contributed by atoms with Crippen LogP contribution in [-0.2, 0) is 6.61 Å². The Morgan fingerprint density at radius 2 is 2.38 bits per heavy atom. The van der Waals surface area contributed by atoms with Gasteiger partial charge in [-0.3, -0.25) is 5.32 Å². The number of aromatic nitrogens is 4. The fourth-order valence-corrected chi connectivity index (χ4v) is 2.44. The Morgan fingerprint density at radius 1 is 1.52 bits per heavy atom. The summed E-state index contributed by atoms with van der Waals surface area (Å²) in [6.45, 7) is 0.227. The molecule has 1 amide bonds. The first kappa shape index (κ1) is 13.1. The Kier molecular flexibility index (Phi) is 3.28. The van der Waals surface area contributed by atoms with Gasteiger partial charge in [-0.1, -0.05) is 0 Å². The van der Waals surface area contributed by atoms with Gasteiger partial charge in [0.2, 0.25) is 11.8 Å². The number of nitrogen functional groups attached to an aromatic ring is 1. The minimum absolute atomic E-state index is 0.0844. The summed E-state index contributed by atoms with van der Waals surface area (Å²) in [5.74, 6) is 0.362. The molecule has 5 N–H and O–H groups in total. The molecular formula is C11H10N6O3S. The van der Waals surface area contributed by atoms with E-state index in [4.69, 9.17) is 15.6 Å². The van der Waals surface area contributed by atoms with Crippen molar-refractivity contribution >= 4 is 40.2 Å². The van der Waals surface area contributed by atoms with Crippen molar-refractivity contribution in [2.45, 2.75) is 6.61 Å². The highest BCUT2D eigenvalue weighted by Crippen LogP contribution is 2.24.